The van der Waals surface area contributed by atoms with Crippen LogP contribution >= 0.6 is 0 Å². The predicted octanol–water partition coefficient (Wildman–Crippen LogP) is 3.62. The number of ether oxygens (including phenoxy) is 2. The van der Waals surface area contributed by atoms with Crippen molar-refractivity contribution >= 4 is 33.6 Å². The quantitative estimate of drug-likeness (QED) is 0.224. The summed E-state index contributed by atoms with van der Waals surface area (Å²) in [5, 5.41) is 20.7. The Kier molecular flexibility index (Phi) is 12.6. The number of rotatable bonds is 13. The van der Waals surface area contributed by atoms with Crippen molar-refractivity contribution in [3.8, 4) is 11.5 Å². The summed E-state index contributed by atoms with van der Waals surface area (Å²) in [5.41, 5.74) is 1.06. The van der Waals surface area contributed by atoms with Crippen LogP contribution in [0.5, 0.6) is 11.5 Å². The van der Waals surface area contributed by atoms with Gasteiger partial charge in [-0.25, -0.2) is 8.42 Å². The number of carbonyl (C=O) groups excluding carboxylic acids is 3. The fourth-order valence-corrected chi connectivity index (χ4v) is 8.15. The standard InChI is InChI=1S/C40H56N4O8S/c1-39(2,3)43-37(47)31-22-28-14-10-11-15-29(28)23-44(31)24-32(45)30(20-26-12-8-7-9-13-26)41-38(48)36(40(4,5)53(6,49)50)42-35(46)19-17-27-16-18-33-34(21-27)52-25-51-33/h7-9,12-13,16-19,21,28-32,36,45H,10-11,14-15,20,22-25H2,1-6H3,(H,41,48)(H,42,46)(H,43,47)/b19-17+/t28-,29+,30-,31-,32+,36+/m0/s1. The Balaban J connectivity index is 1.38. The molecule has 0 spiro atoms. The summed E-state index contributed by atoms with van der Waals surface area (Å²) in [7, 11) is -3.89. The number of fused-ring (bicyclic) bond motifs is 2. The molecule has 3 aliphatic rings. The lowest BCUT2D eigenvalue weighted by molar-refractivity contribution is -0.133. The number of aliphatic hydroxyl groups excluding tert-OH is 1. The highest BCUT2D eigenvalue weighted by Crippen LogP contribution is 2.39. The van der Waals surface area contributed by atoms with Gasteiger partial charge in [0.1, 0.15) is 6.04 Å². The number of hydrogen-bond acceptors (Lipinski definition) is 9. The highest BCUT2D eigenvalue weighted by molar-refractivity contribution is 7.92. The van der Waals surface area contributed by atoms with Crippen molar-refractivity contribution in [2.75, 3.05) is 26.1 Å². The maximum Gasteiger partial charge on any atom is 0.244 e. The molecule has 13 heteroatoms. The van der Waals surface area contributed by atoms with Crippen LogP contribution in [0, 0.1) is 11.8 Å². The molecule has 5 rings (SSSR count). The van der Waals surface area contributed by atoms with Gasteiger partial charge < -0.3 is 30.5 Å². The van der Waals surface area contributed by atoms with Crippen LogP contribution < -0.4 is 25.4 Å². The van der Waals surface area contributed by atoms with Crippen LogP contribution in [-0.4, -0.2) is 96.8 Å². The fraction of sp³-hybridized carbons (Fsp3) is 0.575. The van der Waals surface area contributed by atoms with Crippen LogP contribution in [0.3, 0.4) is 0 Å². The Morgan fingerprint density at radius 1 is 0.962 bits per heavy atom. The molecule has 2 aromatic rings. The van der Waals surface area contributed by atoms with Crippen LogP contribution in [0.25, 0.3) is 6.08 Å². The van der Waals surface area contributed by atoms with Crippen LogP contribution in [0.4, 0.5) is 0 Å². The molecular formula is C40H56N4O8S. The van der Waals surface area contributed by atoms with Gasteiger partial charge in [-0.3, -0.25) is 19.3 Å². The lowest BCUT2D eigenvalue weighted by atomic mass is 9.72. The van der Waals surface area contributed by atoms with Crippen LogP contribution in [0.1, 0.15) is 77.8 Å². The first-order valence-electron chi connectivity index (χ1n) is 18.6. The zero-order valence-electron chi connectivity index (χ0n) is 31.8. The molecule has 4 N–H and O–H groups in total. The molecule has 2 fully saturated rings. The first-order chi connectivity index (χ1) is 24.9. The number of amides is 3. The lowest BCUT2D eigenvalue weighted by Crippen LogP contribution is -2.64. The molecule has 0 bridgehead atoms. The van der Waals surface area contributed by atoms with E-state index in [0.29, 0.717) is 41.9 Å². The first-order valence-corrected chi connectivity index (χ1v) is 20.5. The average Bonchev–Trinajstić information content (AvgIpc) is 3.56. The molecule has 2 aromatic carbocycles. The Morgan fingerprint density at radius 2 is 1.64 bits per heavy atom. The van der Waals surface area contributed by atoms with E-state index in [0.717, 1.165) is 37.5 Å². The molecule has 2 heterocycles. The minimum atomic E-state index is -3.89. The van der Waals surface area contributed by atoms with E-state index in [2.05, 4.69) is 20.9 Å². The van der Waals surface area contributed by atoms with Gasteiger partial charge in [0.2, 0.25) is 24.5 Å². The van der Waals surface area contributed by atoms with Gasteiger partial charge in [0.05, 0.1) is 22.9 Å². The summed E-state index contributed by atoms with van der Waals surface area (Å²) in [6, 6.07) is 11.7. The Morgan fingerprint density at radius 3 is 2.32 bits per heavy atom. The third kappa shape index (κ3) is 10.4. The van der Waals surface area contributed by atoms with Crippen molar-refractivity contribution in [2.24, 2.45) is 11.8 Å². The minimum Gasteiger partial charge on any atom is -0.454 e. The fourth-order valence-electron chi connectivity index (χ4n) is 7.56. The van der Waals surface area contributed by atoms with Crippen molar-refractivity contribution in [3.05, 3.63) is 65.7 Å². The van der Waals surface area contributed by atoms with Gasteiger partial charge in [0.15, 0.2) is 21.3 Å². The van der Waals surface area contributed by atoms with Crippen molar-refractivity contribution < 1.29 is 37.4 Å². The number of sulfone groups is 1. The zero-order chi connectivity index (χ0) is 38.6. The number of carbonyl (C=O) groups is 3. The molecule has 12 nitrogen and oxygen atoms in total. The van der Waals surface area contributed by atoms with E-state index in [1.807, 2.05) is 51.1 Å². The molecule has 53 heavy (non-hydrogen) atoms. The van der Waals surface area contributed by atoms with Gasteiger partial charge in [-0.15, -0.1) is 0 Å². The van der Waals surface area contributed by atoms with E-state index >= 15 is 0 Å². The van der Waals surface area contributed by atoms with E-state index in [4.69, 9.17) is 9.47 Å². The van der Waals surface area contributed by atoms with Crippen molar-refractivity contribution in [1.29, 1.82) is 0 Å². The van der Waals surface area contributed by atoms with Crippen molar-refractivity contribution in [2.45, 2.75) is 108 Å². The van der Waals surface area contributed by atoms with Gasteiger partial charge in [0, 0.05) is 31.0 Å². The third-order valence-electron chi connectivity index (χ3n) is 10.8. The maximum atomic E-state index is 14.3. The number of piperidine rings is 1. The van der Waals surface area contributed by atoms with Crippen LogP contribution in [-0.2, 0) is 30.6 Å². The average molecular weight is 753 g/mol. The van der Waals surface area contributed by atoms with Crippen LogP contribution in [0.2, 0.25) is 0 Å². The molecule has 6 atom stereocenters. The number of β-amino-alcohol motifs (C(OH)–C–C–N with tert-alkyl or cyclic N) is 1. The monoisotopic (exact) mass is 752 g/mol. The second-order valence-corrected chi connectivity index (χ2v) is 19.0. The molecule has 1 saturated heterocycles. The molecule has 3 amide bonds. The summed E-state index contributed by atoms with van der Waals surface area (Å²) in [5.74, 6) is 0.472. The number of nitrogens with one attached hydrogen (secondary N) is 3. The van der Waals surface area contributed by atoms with Gasteiger partial charge in [0.25, 0.3) is 0 Å². The summed E-state index contributed by atoms with van der Waals surface area (Å²) in [6.07, 6.45) is 8.03. The topological polar surface area (TPSA) is 163 Å². The Bertz CT molecular complexity index is 1760. The van der Waals surface area contributed by atoms with E-state index in [1.54, 1.807) is 18.2 Å². The molecule has 2 aliphatic heterocycles. The molecular weight excluding hydrogens is 697 g/mol. The van der Waals surface area contributed by atoms with Gasteiger partial charge in [-0.1, -0.05) is 55.7 Å². The lowest BCUT2D eigenvalue weighted by Gasteiger charge is -2.47. The smallest absolute Gasteiger partial charge is 0.244 e. The van der Waals surface area contributed by atoms with E-state index in [-0.39, 0.29) is 25.7 Å². The number of benzene rings is 2. The predicted molar refractivity (Wildman–Crippen MR) is 204 cm³/mol. The second-order valence-electron chi connectivity index (χ2n) is 16.4. The highest BCUT2D eigenvalue weighted by atomic mass is 32.2. The van der Waals surface area contributed by atoms with E-state index < -0.39 is 56.2 Å². The highest BCUT2D eigenvalue weighted by Gasteiger charge is 2.46. The number of aliphatic hydroxyl groups is 1. The van der Waals surface area contributed by atoms with Gasteiger partial charge in [-0.2, -0.15) is 0 Å². The Hall–Kier alpha value is -3.94. The third-order valence-corrected chi connectivity index (χ3v) is 13.0. The molecule has 0 aromatic heterocycles. The minimum absolute atomic E-state index is 0.0798. The molecule has 0 radical (unpaired) electrons. The van der Waals surface area contributed by atoms with E-state index in [9.17, 15) is 27.9 Å². The van der Waals surface area contributed by atoms with E-state index in [1.165, 1.54) is 26.0 Å². The summed E-state index contributed by atoms with van der Waals surface area (Å²) in [6.45, 7) is 9.51. The second kappa shape index (κ2) is 16.6. The molecule has 1 saturated carbocycles. The molecule has 0 unspecified atom stereocenters. The SMILES string of the molecule is CC(C)(C)NC(=O)[C@@H]1C[C@@H]2CCCC[C@@H]2CN1C[C@@H](O)[C@H](Cc1ccccc1)NC(=O)[C@@H](NC(=O)/C=C/c1ccc2c(c1)OCO2)C(C)(C)S(C)(=O)=O. The number of nitrogens with zero attached hydrogens (tertiary/aromatic N) is 1. The van der Waals surface area contributed by atoms with Crippen molar-refractivity contribution in [3.63, 3.8) is 0 Å². The van der Waals surface area contributed by atoms with Gasteiger partial charge >= 0.3 is 0 Å². The normalized spacial score (nSPS) is 22.4. The number of hydrogen-bond donors (Lipinski definition) is 4. The summed E-state index contributed by atoms with van der Waals surface area (Å²) in [4.78, 5) is 43.3. The Labute approximate surface area is 314 Å². The molecule has 290 valence electrons. The van der Waals surface area contributed by atoms with Crippen LogP contribution in [0.15, 0.2) is 54.6 Å². The van der Waals surface area contributed by atoms with Crippen molar-refractivity contribution in [1.82, 2.24) is 20.9 Å². The maximum absolute atomic E-state index is 14.3. The first kappa shape index (κ1) is 40.2. The summed E-state index contributed by atoms with van der Waals surface area (Å²) < 4.78 is 35.2. The summed E-state index contributed by atoms with van der Waals surface area (Å²) >= 11 is 0. The number of likely N-dealkylation sites (tertiary alicyclic amines) is 1. The van der Waals surface area contributed by atoms with Gasteiger partial charge in [-0.05, 0) is 95.1 Å². The zero-order valence-corrected chi connectivity index (χ0v) is 32.6. The molecule has 1 aliphatic carbocycles. The largest absolute Gasteiger partial charge is 0.454 e.